The number of rotatable bonds is 3. The number of H-pyrrole nitrogens is 1. The van der Waals surface area contributed by atoms with E-state index in [4.69, 9.17) is 7.85 Å². The highest BCUT2D eigenvalue weighted by atomic mass is 32.2. The van der Waals surface area contributed by atoms with Gasteiger partial charge in [0.2, 0.25) is 0 Å². The second kappa shape index (κ2) is 6.35. The minimum Gasteiger partial charge on any atom is -0.361 e. The number of fused-ring (bicyclic) bond motifs is 2. The first-order chi connectivity index (χ1) is 13.9. The molecule has 0 atom stereocenters. The van der Waals surface area contributed by atoms with E-state index in [0.717, 1.165) is 27.6 Å². The van der Waals surface area contributed by atoms with Crippen LogP contribution < -0.4 is 5.46 Å². The molecule has 0 saturated heterocycles. The molecule has 0 spiro atoms. The third-order valence-electron chi connectivity index (χ3n) is 5.08. The Morgan fingerprint density at radius 1 is 1.03 bits per heavy atom. The first-order valence-electron chi connectivity index (χ1n) is 9.10. The summed E-state index contributed by atoms with van der Waals surface area (Å²) in [7, 11) is 2.16. The van der Waals surface area contributed by atoms with E-state index in [1.165, 1.54) is 10.2 Å². The number of hydrogen-bond acceptors (Lipinski definition) is 3. The fourth-order valence-electron chi connectivity index (χ4n) is 3.55. The normalized spacial score (nSPS) is 12.0. The van der Waals surface area contributed by atoms with E-state index >= 15 is 0 Å². The van der Waals surface area contributed by atoms with Crippen LogP contribution in [-0.2, 0) is 10.0 Å². The summed E-state index contributed by atoms with van der Waals surface area (Å²) in [6.07, 6.45) is 4.97. The van der Waals surface area contributed by atoms with Gasteiger partial charge in [0.05, 0.1) is 4.90 Å². The molecular weight excluding hydrogens is 381 g/mol. The summed E-state index contributed by atoms with van der Waals surface area (Å²) < 4.78 is 27.9. The summed E-state index contributed by atoms with van der Waals surface area (Å²) in [6, 6.07) is 16.5. The lowest BCUT2D eigenvalue weighted by atomic mass is 9.96. The maximum Gasteiger partial charge on any atom is 0.269 e. The van der Waals surface area contributed by atoms with Crippen LogP contribution in [-0.4, -0.2) is 30.2 Å². The number of aromatic amines is 1. The second-order valence-electron chi connectivity index (χ2n) is 7.08. The van der Waals surface area contributed by atoms with Crippen molar-refractivity contribution < 1.29 is 8.42 Å². The summed E-state index contributed by atoms with van der Waals surface area (Å²) in [5.74, 6) is 0. The lowest BCUT2D eigenvalue weighted by molar-refractivity contribution is 0.589. The van der Waals surface area contributed by atoms with Gasteiger partial charge >= 0.3 is 0 Å². The summed E-state index contributed by atoms with van der Waals surface area (Å²) in [6.45, 7) is 1.92. The third-order valence-corrected chi connectivity index (χ3v) is 6.74. The van der Waals surface area contributed by atoms with Crippen LogP contribution in [0.1, 0.15) is 5.56 Å². The van der Waals surface area contributed by atoms with Crippen molar-refractivity contribution in [3.63, 3.8) is 0 Å². The summed E-state index contributed by atoms with van der Waals surface area (Å²) in [5.41, 5.74) is 4.50. The molecule has 2 radical (unpaired) electrons. The van der Waals surface area contributed by atoms with E-state index in [0.29, 0.717) is 16.5 Å². The predicted molar refractivity (Wildman–Crippen MR) is 116 cm³/mol. The molecule has 0 unspecified atom stereocenters. The van der Waals surface area contributed by atoms with Gasteiger partial charge in [-0.3, -0.25) is 0 Å². The number of hydrogen-bond donors (Lipinski definition) is 1. The molecule has 0 aliphatic rings. The van der Waals surface area contributed by atoms with Crippen LogP contribution in [0.15, 0.2) is 78.1 Å². The van der Waals surface area contributed by atoms with Crippen LogP contribution in [0.3, 0.4) is 0 Å². The van der Waals surface area contributed by atoms with Crippen molar-refractivity contribution in [1.82, 2.24) is 13.9 Å². The Bertz CT molecular complexity index is 1480. The Labute approximate surface area is 169 Å². The van der Waals surface area contributed by atoms with Crippen LogP contribution in [0.4, 0.5) is 0 Å². The van der Waals surface area contributed by atoms with Crippen molar-refractivity contribution in [2.24, 2.45) is 0 Å². The minimum absolute atomic E-state index is 0.214. The first kappa shape index (κ1) is 17.8. The van der Waals surface area contributed by atoms with Gasteiger partial charge < -0.3 is 4.98 Å². The van der Waals surface area contributed by atoms with E-state index in [1.807, 2.05) is 37.4 Å². The summed E-state index contributed by atoms with van der Waals surface area (Å²) in [5, 5.41) is 1.73. The average molecular weight is 397 g/mol. The Morgan fingerprint density at radius 3 is 2.62 bits per heavy atom. The van der Waals surface area contributed by atoms with Crippen LogP contribution in [0.25, 0.3) is 33.1 Å². The Morgan fingerprint density at radius 2 is 1.83 bits per heavy atom. The van der Waals surface area contributed by atoms with Crippen molar-refractivity contribution in [3.05, 3.63) is 78.8 Å². The molecule has 5 aromatic rings. The Hall–Kier alpha value is -3.32. The largest absolute Gasteiger partial charge is 0.361 e. The molecule has 1 N–H and O–H groups in total. The lowest BCUT2D eigenvalue weighted by Gasteiger charge is -2.07. The number of nitrogens with one attached hydrogen (secondary N) is 1. The number of benzene rings is 2. The van der Waals surface area contributed by atoms with Gasteiger partial charge in [0.15, 0.2) is 5.65 Å². The smallest absolute Gasteiger partial charge is 0.269 e. The first-order valence-corrected chi connectivity index (χ1v) is 10.5. The fraction of sp³-hybridized carbons (Fsp3) is 0.0455. The monoisotopic (exact) mass is 397 g/mol. The summed E-state index contributed by atoms with van der Waals surface area (Å²) >= 11 is 0. The van der Waals surface area contributed by atoms with Crippen molar-refractivity contribution in [1.29, 1.82) is 0 Å². The van der Waals surface area contributed by atoms with Crippen LogP contribution in [0.2, 0.25) is 0 Å². The molecular formula is C22H16BN3O2S. The Kier molecular flexibility index (Phi) is 3.89. The van der Waals surface area contributed by atoms with Crippen molar-refractivity contribution in [2.75, 3.05) is 0 Å². The van der Waals surface area contributed by atoms with Crippen molar-refractivity contribution >= 4 is 45.3 Å². The fourth-order valence-corrected chi connectivity index (χ4v) is 4.88. The van der Waals surface area contributed by atoms with Gasteiger partial charge in [-0.05, 0) is 48.2 Å². The highest BCUT2D eigenvalue weighted by Gasteiger charge is 2.23. The molecule has 5 rings (SSSR count). The van der Waals surface area contributed by atoms with Crippen LogP contribution in [0.5, 0.6) is 0 Å². The number of aromatic nitrogens is 3. The van der Waals surface area contributed by atoms with Gasteiger partial charge in [-0.25, -0.2) is 17.4 Å². The van der Waals surface area contributed by atoms with Gasteiger partial charge in [-0.2, -0.15) is 0 Å². The molecule has 2 aromatic carbocycles. The molecule has 0 saturated carbocycles. The van der Waals surface area contributed by atoms with E-state index in [1.54, 1.807) is 36.5 Å². The average Bonchev–Trinajstić information content (AvgIpc) is 3.32. The standard InChI is InChI=1S/C22H16BN3O2S/c1-14-2-5-18(6-3-14)29(27,28)26-13-20(19-11-17(23)12-25-22(19)26)15-4-7-21-16(10-15)8-9-24-21/h2-13,24H,1H3. The molecule has 7 heteroatoms. The lowest BCUT2D eigenvalue weighted by Crippen LogP contribution is -2.13. The highest BCUT2D eigenvalue weighted by Crippen LogP contribution is 2.33. The molecule has 140 valence electrons. The molecule has 0 amide bonds. The highest BCUT2D eigenvalue weighted by molar-refractivity contribution is 7.90. The van der Waals surface area contributed by atoms with Crippen LogP contribution >= 0.6 is 0 Å². The zero-order valence-corrected chi connectivity index (χ0v) is 16.4. The minimum atomic E-state index is -3.81. The molecule has 5 nitrogen and oxygen atoms in total. The van der Waals surface area contributed by atoms with Gasteiger partial charge in [-0.15, -0.1) is 0 Å². The van der Waals surface area contributed by atoms with Crippen molar-refractivity contribution in [3.8, 4) is 11.1 Å². The molecule has 3 aromatic heterocycles. The SMILES string of the molecule is [B]c1cnc2c(c1)c(-c1ccc3[nH]ccc3c1)cn2S(=O)(=O)c1ccc(C)cc1. The second-order valence-corrected chi connectivity index (χ2v) is 8.89. The van der Waals surface area contributed by atoms with E-state index in [2.05, 4.69) is 9.97 Å². The maximum atomic E-state index is 13.3. The molecule has 0 fully saturated rings. The van der Waals surface area contributed by atoms with Gasteiger partial charge in [-0.1, -0.05) is 35.3 Å². The zero-order chi connectivity index (χ0) is 20.2. The number of aryl methyl sites for hydroxylation is 1. The van der Waals surface area contributed by atoms with Crippen molar-refractivity contribution in [2.45, 2.75) is 11.8 Å². The molecule has 0 bridgehead atoms. The van der Waals surface area contributed by atoms with E-state index in [-0.39, 0.29) is 4.90 Å². The van der Waals surface area contributed by atoms with Gasteiger partial charge in [0.1, 0.15) is 7.85 Å². The molecule has 3 heterocycles. The third kappa shape index (κ3) is 2.86. The number of nitrogens with zero attached hydrogens (tertiary/aromatic N) is 2. The molecule has 0 aliphatic carbocycles. The number of pyridine rings is 1. The van der Waals surface area contributed by atoms with Gasteiger partial charge in [0.25, 0.3) is 10.0 Å². The van der Waals surface area contributed by atoms with Gasteiger partial charge in [0, 0.05) is 35.1 Å². The van der Waals surface area contributed by atoms with E-state index in [9.17, 15) is 8.42 Å². The molecule has 29 heavy (non-hydrogen) atoms. The maximum absolute atomic E-state index is 13.3. The van der Waals surface area contributed by atoms with Crippen LogP contribution in [0, 0.1) is 6.92 Å². The zero-order valence-electron chi connectivity index (χ0n) is 15.6. The topological polar surface area (TPSA) is 67.8 Å². The summed E-state index contributed by atoms with van der Waals surface area (Å²) in [4.78, 5) is 7.72. The van der Waals surface area contributed by atoms with E-state index < -0.39 is 10.0 Å². The predicted octanol–water partition coefficient (Wildman–Crippen LogP) is 3.52. The quantitative estimate of drug-likeness (QED) is 0.474. The Balaban J connectivity index is 1.78. The molecule has 0 aliphatic heterocycles.